The molecule has 0 spiro atoms. The van der Waals surface area contributed by atoms with E-state index < -0.39 is 5.97 Å². The number of hydrogen-bond donors (Lipinski definition) is 1. The molecule has 0 aliphatic heterocycles. The predicted molar refractivity (Wildman–Crippen MR) is 66.8 cm³/mol. The molecule has 2 aromatic rings. The van der Waals surface area contributed by atoms with Crippen LogP contribution in [0.25, 0.3) is 0 Å². The Morgan fingerprint density at radius 1 is 1.37 bits per heavy atom. The van der Waals surface area contributed by atoms with Crippen molar-refractivity contribution in [1.82, 2.24) is 15.0 Å². The maximum absolute atomic E-state index is 12.0. The van der Waals surface area contributed by atoms with Crippen molar-refractivity contribution in [2.45, 2.75) is 6.54 Å². The first-order valence-electron chi connectivity index (χ1n) is 5.52. The maximum Gasteiger partial charge on any atom is 0.337 e. The van der Waals surface area contributed by atoms with Crippen molar-refractivity contribution in [2.75, 3.05) is 11.9 Å². The van der Waals surface area contributed by atoms with Gasteiger partial charge in [0.05, 0.1) is 17.4 Å². The van der Waals surface area contributed by atoms with Gasteiger partial charge in [-0.15, -0.1) is 5.10 Å². The minimum atomic E-state index is -1.07. The van der Waals surface area contributed by atoms with E-state index in [2.05, 4.69) is 10.3 Å². The first-order valence-corrected chi connectivity index (χ1v) is 5.52. The lowest BCUT2D eigenvalue weighted by Gasteiger charge is -2.19. The Morgan fingerprint density at radius 3 is 2.74 bits per heavy atom. The zero-order valence-corrected chi connectivity index (χ0v) is 10.2. The smallest absolute Gasteiger partial charge is 0.337 e. The number of carbonyl (C=O) groups is 2. The SMILES string of the molecule is CN(C(=O)Cn1ccnn1)c1ccccc1C(=O)O. The van der Waals surface area contributed by atoms with Crippen LogP contribution in [0.4, 0.5) is 5.69 Å². The molecule has 1 amide bonds. The third kappa shape index (κ3) is 2.76. The summed E-state index contributed by atoms with van der Waals surface area (Å²) in [4.78, 5) is 24.4. The van der Waals surface area contributed by atoms with Crippen molar-refractivity contribution in [2.24, 2.45) is 0 Å². The summed E-state index contributed by atoms with van der Waals surface area (Å²) in [6.07, 6.45) is 3.04. The molecule has 0 aliphatic carbocycles. The van der Waals surface area contributed by atoms with Crippen molar-refractivity contribution < 1.29 is 14.7 Å². The zero-order valence-electron chi connectivity index (χ0n) is 10.2. The first-order chi connectivity index (χ1) is 9.09. The van der Waals surface area contributed by atoms with Gasteiger partial charge in [0.15, 0.2) is 0 Å². The Hall–Kier alpha value is -2.70. The number of carboxylic acid groups (broad SMARTS) is 1. The molecule has 2 rings (SSSR count). The number of likely N-dealkylation sites (N-methyl/N-ethyl adjacent to an activating group) is 1. The van der Waals surface area contributed by atoms with E-state index in [1.165, 1.54) is 28.9 Å². The van der Waals surface area contributed by atoms with Crippen LogP contribution in [0.5, 0.6) is 0 Å². The van der Waals surface area contributed by atoms with Crippen LogP contribution in [-0.2, 0) is 11.3 Å². The van der Waals surface area contributed by atoms with E-state index in [1.807, 2.05) is 0 Å². The number of aromatic carboxylic acids is 1. The lowest BCUT2D eigenvalue weighted by Crippen LogP contribution is -2.31. The highest BCUT2D eigenvalue weighted by Crippen LogP contribution is 2.19. The summed E-state index contributed by atoms with van der Waals surface area (Å²) < 4.78 is 1.38. The Labute approximate surface area is 109 Å². The van der Waals surface area contributed by atoms with E-state index in [0.29, 0.717) is 5.69 Å². The Balaban J connectivity index is 2.22. The number of para-hydroxylation sites is 1. The van der Waals surface area contributed by atoms with Crippen molar-refractivity contribution in [3.63, 3.8) is 0 Å². The molecule has 0 saturated heterocycles. The van der Waals surface area contributed by atoms with E-state index in [9.17, 15) is 9.59 Å². The summed E-state index contributed by atoms with van der Waals surface area (Å²) in [5.74, 6) is -1.35. The molecule has 0 bridgehead atoms. The van der Waals surface area contributed by atoms with E-state index in [-0.39, 0.29) is 18.0 Å². The second-order valence-corrected chi connectivity index (χ2v) is 3.88. The lowest BCUT2D eigenvalue weighted by molar-refractivity contribution is -0.119. The van der Waals surface area contributed by atoms with Gasteiger partial charge in [-0.05, 0) is 12.1 Å². The highest BCUT2D eigenvalue weighted by Gasteiger charge is 2.18. The average Bonchev–Trinajstić information content (AvgIpc) is 2.90. The molecule has 1 aromatic heterocycles. The molecule has 1 aromatic carbocycles. The highest BCUT2D eigenvalue weighted by molar-refractivity contribution is 6.01. The van der Waals surface area contributed by atoms with Gasteiger partial charge in [0.25, 0.3) is 0 Å². The summed E-state index contributed by atoms with van der Waals surface area (Å²) in [6.45, 7) is 0.00442. The molecule has 0 aliphatic rings. The van der Waals surface area contributed by atoms with Gasteiger partial charge < -0.3 is 10.0 Å². The maximum atomic E-state index is 12.0. The molecule has 0 radical (unpaired) electrons. The topological polar surface area (TPSA) is 88.3 Å². The van der Waals surface area contributed by atoms with Crippen molar-refractivity contribution in [3.05, 3.63) is 42.2 Å². The molecule has 0 atom stereocenters. The number of rotatable bonds is 4. The molecule has 1 N–H and O–H groups in total. The zero-order chi connectivity index (χ0) is 13.8. The van der Waals surface area contributed by atoms with Gasteiger partial charge in [0.2, 0.25) is 5.91 Å². The summed E-state index contributed by atoms with van der Waals surface area (Å²) in [7, 11) is 1.53. The Bertz CT molecular complexity index is 595. The Kier molecular flexibility index (Phi) is 3.56. The molecular weight excluding hydrogens is 248 g/mol. The summed E-state index contributed by atoms with van der Waals surface area (Å²) in [5.41, 5.74) is 0.428. The summed E-state index contributed by atoms with van der Waals surface area (Å²) in [5, 5.41) is 16.4. The van der Waals surface area contributed by atoms with Crippen molar-refractivity contribution >= 4 is 17.6 Å². The number of carboxylic acids is 1. The number of carbonyl (C=O) groups excluding carboxylic acids is 1. The number of nitrogens with zero attached hydrogens (tertiary/aromatic N) is 4. The van der Waals surface area contributed by atoms with Crippen LogP contribution < -0.4 is 4.90 Å². The Morgan fingerprint density at radius 2 is 2.11 bits per heavy atom. The van der Waals surface area contributed by atoms with E-state index in [1.54, 1.807) is 24.4 Å². The number of benzene rings is 1. The van der Waals surface area contributed by atoms with Gasteiger partial charge >= 0.3 is 5.97 Å². The number of anilines is 1. The van der Waals surface area contributed by atoms with Crippen molar-refractivity contribution in [3.8, 4) is 0 Å². The van der Waals surface area contributed by atoms with Crippen molar-refractivity contribution in [1.29, 1.82) is 0 Å². The minimum absolute atomic E-state index is 0.00442. The largest absolute Gasteiger partial charge is 0.478 e. The summed E-state index contributed by atoms with van der Waals surface area (Å²) in [6, 6.07) is 6.34. The van der Waals surface area contributed by atoms with Crippen LogP contribution in [0.2, 0.25) is 0 Å². The monoisotopic (exact) mass is 260 g/mol. The van der Waals surface area contributed by atoms with E-state index in [4.69, 9.17) is 5.11 Å². The predicted octanol–water partition coefficient (Wildman–Crippen LogP) is 0.639. The first kappa shape index (κ1) is 12.7. The number of hydrogen-bond acceptors (Lipinski definition) is 4. The van der Waals surface area contributed by atoms with Crippen LogP contribution in [0.15, 0.2) is 36.7 Å². The van der Waals surface area contributed by atoms with Crippen LogP contribution in [-0.4, -0.2) is 39.0 Å². The van der Waals surface area contributed by atoms with Crippen LogP contribution in [0, 0.1) is 0 Å². The molecule has 7 heteroatoms. The minimum Gasteiger partial charge on any atom is -0.478 e. The third-order valence-corrected chi connectivity index (χ3v) is 2.64. The molecule has 0 unspecified atom stereocenters. The van der Waals surface area contributed by atoms with Crippen LogP contribution in [0.1, 0.15) is 10.4 Å². The molecule has 0 saturated carbocycles. The van der Waals surface area contributed by atoms with Gasteiger partial charge in [-0.3, -0.25) is 4.79 Å². The normalized spacial score (nSPS) is 10.2. The highest BCUT2D eigenvalue weighted by atomic mass is 16.4. The second kappa shape index (κ2) is 5.30. The molecule has 0 fully saturated rings. The van der Waals surface area contributed by atoms with Gasteiger partial charge in [0.1, 0.15) is 6.54 Å². The molecule has 19 heavy (non-hydrogen) atoms. The standard InChI is InChI=1S/C12H12N4O3/c1-15(11(17)8-16-7-6-13-14-16)10-5-3-2-4-9(10)12(18)19/h2-7H,8H2,1H3,(H,18,19). The van der Waals surface area contributed by atoms with Crippen LogP contribution >= 0.6 is 0 Å². The molecule has 7 nitrogen and oxygen atoms in total. The van der Waals surface area contributed by atoms with Gasteiger partial charge in [0, 0.05) is 13.2 Å². The third-order valence-electron chi connectivity index (χ3n) is 2.64. The number of aromatic nitrogens is 3. The molecule has 98 valence electrons. The fourth-order valence-corrected chi connectivity index (χ4v) is 1.64. The lowest BCUT2D eigenvalue weighted by atomic mass is 10.1. The number of amides is 1. The van der Waals surface area contributed by atoms with Crippen LogP contribution in [0.3, 0.4) is 0 Å². The summed E-state index contributed by atoms with van der Waals surface area (Å²) >= 11 is 0. The quantitative estimate of drug-likeness (QED) is 0.871. The average molecular weight is 260 g/mol. The van der Waals surface area contributed by atoms with Gasteiger partial charge in [-0.25, -0.2) is 9.48 Å². The molecule has 1 heterocycles. The fourth-order valence-electron chi connectivity index (χ4n) is 1.64. The second-order valence-electron chi connectivity index (χ2n) is 3.88. The van der Waals surface area contributed by atoms with Gasteiger partial charge in [-0.2, -0.15) is 0 Å². The van der Waals surface area contributed by atoms with E-state index in [0.717, 1.165) is 0 Å². The molecular formula is C12H12N4O3. The van der Waals surface area contributed by atoms with E-state index >= 15 is 0 Å². The fraction of sp³-hybridized carbons (Fsp3) is 0.167. The van der Waals surface area contributed by atoms with Gasteiger partial charge in [-0.1, -0.05) is 17.3 Å².